The van der Waals surface area contributed by atoms with E-state index in [9.17, 15) is 18.3 Å². The molecular formula is C15H15N5O4S. The van der Waals surface area contributed by atoms with Crippen molar-refractivity contribution in [3.8, 4) is 0 Å². The van der Waals surface area contributed by atoms with E-state index in [1.807, 2.05) is 0 Å². The van der Waals surface area contributed by atoms with Gasteiger partial charge in [-0.15, -0.1) is 5.10 Å². The third-order valence-electron chi connectivity index (χ3n) is 3.62. The summed E-state index contributed by atoms with van der Waals surface area (Å²) >= 11 is 0. The Labute approximate surface area is 143 Å². The van der Waals surface area contributed by atoms with Crippen LogP contribution in [0.5, 0.6) is 0 Å². The quantitative estimate of drug-likeness (QED) is 0.722. The smallest absolute Gasteiger partial charge is 0.338 e. The number of aromatic nitrogens is 4. The zero-order valence-corrected chi connectivity index (χ0v) is 14.5. The van der Waals surface area contributed by atoms with Crippen molar-refractivity contribution in [2.45, 2.75) is 25.9 Å². The second kappa shape index (κ2) is 5.81. The maximum absolute atomic E-state index is 12.6. The molecule has 1 aromatic carbocycles. The van der Waals surface area contributed by atoms with Crippen LogP contribution >= 0.6 is 0 Å². The molecule has 2 N–H and O–H groups in total. The van der Waals surface area contributed by atoms with Gasteiger partial charge >= 0.3 is 5.97 Å². The molecule has 0 saturated heterocycles. The fraction of sp³-hybridized carbons (Fsp3) is 0.200. The number of carboxylic acid groups (broad SMARTS) is 1. The van der Waals surface area contributed by atoms with Crippen LogP contribution in [-0.4, -0.2) is 39.1 Å². The average molecular weight is 361 g/mol. The van der Waals surface area contributed by atoms with E-state index in [4.69, 9.17) is 0 Å². The average Bonchev–Trinajstić information content (AvgIpc) is 2.94. The fourth-order valence-corrected chi connectivity index (χ4v) is 3.39. The first kappa shape index (κ1) is 16.8. The molecule has 0 fully saturated rings. The summed E-state index contributed by atoms with van der Waals surface area (Å²) in [6.45, 7) is 5.00. The lowest BCUT2D eigenvalue weighted by molar-refractivity contribution is 0.0697. The van der Waals surface area contributed by atoms with E-state index in [1.54, 1.807) is 45.3 Å². The Morgan fingerprint density at radius 1 is 1.20 bits per heavy atom. The molecule has 0 aliphatic carbocycles. The van der Waals surface area contributed by atoms with Crippen molar-refractivity contribution < 1.29 is 18.3 Å². The van der Waals surface area contributed by atoms with Gasteiger partial charge in [0, 0.05) is 12.4 Å². The van der Waals surface area contributed by atoms with Gasteiger partial charge in [0.05, 0.1) is 11.3 Å². The van der Waals surface area contributed by atoms with Crippen LogP contribution in [0.1, 0.15) is 27.0 Å². The maximum Gasteiger partial charge on any atom is 0.338 e. The van der Waals surface area contributed by atoms with Crippen LogP contribution in [0, 0.1) is 20.8 Å². The number of carbonyl (C=O) groups is 1. The first-order chi connectivity index (χ1) is 11.7. The van der Waals surface area contributed by atoms with Crippen LogP contribution in [-0.2, 0) is 10.0 Å². The Kier molecular flexibility index (Phi) is 3.91. The zero-order chi connectivity index (χ0) is 18.4. The fourth-order valence-electron chi connectivity index (χ4n) is 2.37. The van der Waals surface area contributed by atoms with Crippen LogP contribution < -0.4 is 4.72 Å². The lowest BCUT2D eigenvalue weighted by Gasteiger charge is -2.13. The molecule has 3 rings (SSSR count). The number of anilines is 1. The molecule has 9 nitrogen and oxygen atoms in total. The van der Waals surface area contributed by atoms with Gasteiger partial charge in [-0.3, -0.25) is 4.72 Å². The molecule has 3 aromatic rings. The summed E-state index contributed by atoms with van der Waals surface area (Å²) < 4.78 is 28.8. The summed E-state index contributed by atoms with van der Waals surface area (Å²) in [4.78, 5) is 19.4. The van der Waals surface area contributed by atoms with E-state index in [0.717, 1.165) is 5.56 Å². The van der Waals surface area contributed by atoms with Gasteiger partial charge < -0.3 is 5.11 Å². The number of hydrogen-bond acceptors (Lipinski definition) is 6. The lowest BCUT2D eigenvalue weighted by Crippen LogP contribution is -2.18. The van der Waals surface area contributed by atoms with Gasteiger partial charge in [-0.25, -0.2) is 14.3 Å². The van der Waals surface area contributed by atoms with E-state index >= 15 is 0 Å². The molecule has 0 atom stereocenters. The van der Waals surface area contributed by atoms with Crippen molar-refractivity contribution in [2.75, 3.05) is 4.72 Å². The van der Waals surface area contributed by atoms with Crippen LogP contribution in [0.15, 0.2) is 29.7 Å². The highest BCUT2D eigenvalue weighted by molar-refractivity contribution is 7.92. The second-order valence-corrected chi connectivity index (χ2v) is 7.21. The molecule has 0 bridgehead atoms. The highest BCUT2D eigenvalue weighted by Crippen LogP contribution is 2.26. The molecule has 130 valence electrons. The summed E-state index contributed by atoms with van der Waals surface area (Å²) in [5, 5.41) is 12.8. The second-order valence-electron chi connectivity index (χ2n) is 5.63. The minimum absolute atomic E-state index is 0.00417. The van der Waals surface area contributed by atoms with Crippen LogP contribution in [0.4, 0.5) is 5.69 Å². The third kappa shape index (κ3) is 3.03. The number of fused-ring (bicyclic) bond motifs is 1. The minimum Gasteiger partial charge on any atom is -0.478 e. The molecule has 0 aliphatic heterocycles. The predicted molar refractivity (Wildman–Crippen MR) is 89.2 cm³/mol. The third-order valence-corrected chi connectivity index (χ3v) is 4.74. The van der Waals surface area contributed by atoms with Crippen molar-refractivity contribution in [1.29, 1.82) is 0 Å². The van der Waals surface area contributed by atoms with Crippen LogP contribution in [0.2, 0.25) is 0 Å². The zero-order valence-electron chi connectivity index (χ0n) is 13.7. The van der Waals surface area contributed by atoms with E-state index in [0.29, 0.717) is 11.1 Å². The van der Waals surface area contributed by atoms with Crippen molar-refractivity contribution in [3.63, 3.8) is 0 Å². The van der Waals surface area contributed by atoms with Gasteiger partial charge in [-0.05, 0) is 37.5 Å². The summed E-state index contributed by atoms with van der Waals surface area (Å²) in [5.41, 5.74) is 1.59. The molecular weight excluding hydrogens is 346 g/mol. The number of sulfonamides is 1. The normalized spacial score (nSPS) is 11.6. The molecule has 0 radical (unpaired) electrons. The number of benzene rings is 1. The molecule has 0 spiro atoms. The summed E-state index contributed by atoms with van der Waals surface area (Å²) in [6, 6.07) is 3.26. The summed E-state index contributed by atoms with van der Waals surface area (Å²) in [5.74, 6) is -1.09. The van der Waals surface area contributed by atoms with Crippen LogP contribution in [0.3, 0.4) is 0 Å². The maximum atomic E-state index is 12.6. The Morgan fingerprint density at radius 3 is 2.56 bits per heavy atom. The Hall–Kier alpha value is -3.01. The standard InChI is InChI=1S/C15H15N5O4S/c1-8-6-16-14-17-15(18-20(14)7-8)25(23,24)19-12-10(3)5-4-9(2)11(12)13(21)22/h4-7,19H,1-3H3,(H,21,22). The Morgan fingerprint density at radius 2 is 1.88 bits per heavy atom. The summed E-state index contributed by atoms with van der Waals surface area (Å²) in [7, 11) is -4.18. The molecule has 2 aromatic heterocycles. The predicted octanol–water partition coefficient (Wildman–Crippen LogP) is 1.55. The van der Waals surface area contributed by atoms with Gasteiger partial charge in [0.1, 0.15) is 0 Å². The molecule has 0 saturated carbocycles. The number of hydrogen-bond donors (Lipinski definition) is 2. The number of nitrogens with one attached hydrogen (secondary N) is 1. The van der Waals surface area contributed by atoms with E-state index < -0.39 is 21.1 Å². The number of nitrogens with zero attached hydrogens (tertiary/aromatic N) is 4. The van der Waals surface area contributed by atoms with Gasteiger partial charge in [0.15, 0.2) is 0 Å². The van der Waals surface area contributed by atoms with Gasteiger partial charge in [-0.1, -0.05) is 12.1 Å². The first-order valence-corrected chi connectivity index (χ1v) is 8.72. The molecule has 0 unspecified atom stereocenters. The number of aryl methyl sites for hydroxylation is 3. The Bertz CT molecular complexity index is 1100. The van der Waals surface area contributed by atoms with Gasteiger partial charge in [0.25, 0.3) is 21.0 Å². The monoisotopic (exact) mass is 361 g/mol. The van der Waals surface area contributed by atoms with E-state index in [2.05, 4.69) is 19.8 Å². The number of aromatic carboxylic acids is 1. The molecule has 25 heavy (non-hydrogen) atoms. The van der Waals surface area contributed by atoms with E-state index in [1.165, 1.54) is 4.52 Å². The minimum atomic E-state index is -4.18. The van der Waals surface area contributed by atoms with Gasteiger partial charge in [0.2, 0.25) is 0 Å². The van der Waals surface area contributed by atoms with Crippen molar-refractivity contribution in [2.24, 2.45) is 0 Å². The molecule has 10 heteroatoms. The van der Waals surface area contributed by atoms with Gasteiger partial charge in [-0.2, -0.15) is 13.4 Å². The Balaban J connectivity index is 2.10. The number of carboxylic acids is 1. The van der Waals surface area contributed by atoms with Crippen molar-refractivity contribution in [3.05, 3.63) is 46.8 Å². The largest absolute Gasteiger partial charge is 0.478 e. The topological polar surface area (TPSA) is 127 Å². The van der Waals surface area contributed by atoms with Crippen LogP contribution in [0.25, 0.3) is 5.78 Å². The highest BCUT2D eigenvalue weighted by atomic mass is 32.2. The SMILES string of the molecule is Cc1cnc2nc(S(=O)(=O)Nc3c(C)ccc(C)c3C(=O)O)nn2c1. The molecule has 2 heterocycles. The molecule has 0 amide bonds. The first-order valence-electron chi connectivity index (χ1n) is 7.24. The highest BCUT2D eigenvalue weighted by Gasteiger charge is 2.25. The van der Waals surface area contributed by atoms with Crippen molar-refractivity contribution >= 4 is 27.5 Å². The summed E-state index contributed by atoms with van der Waals surface area (Å²) in [6.07, 6.45) is 3.13. The van der Waals surface area contributed by atoms with Crippen molar-refractivity contribution in [1.82, 2.24) is 19.6 Å². The lowest BCUT2D eigenvalue weighted by atomic mass is 10.0. The van der Waals surface area contributed by atoms with E-state index in [-0.39, 0.29) is 17.0 Å². The number of rotatable bonds is 4. The molecule has 0 aliphatic rings.